The first-order valence-corrected chi connectivity index (χ1v) is 9.18. The van der Waals surface area contributed by atoms with Gasteiger partial charge in [-0.2, -0.15) is 0 Å². The molecule has 1 saturated heterocycles. The Morgan fingerprint density at radius 3 is 2.75 bits per heavy atom. The molecule has 0 aliphatic carbocycles. The molecule has 0 spiro atoms. The second-order valence-corrected chi connectivity index (χ2v) is 7.14. The molecule has 0 radical (unpaired) electrons. The van der Waals surface area contributed by atoms with Gasteiger partial charge in [-0.15, -0.1) is 0 Å². The lowest BCUT2D eigenvalue weighted by Gasteiger charge is -2.22. The number of aliphatic carboxylic acids is 1. The average molecular weight is 398 g/mol. The van der Waals surface area contributed by atoms with Crippen molar-refractivity contribution in [2.75, 3.05) is 13.2 Å². The Labute approximate surface area is 150 Å². The molecule has 1 heterocycles. The normalized spacial score (nSPS) is 16.5. The zero-order valence-electron chi connectivity index (χ0n) is 13.7. The molecule has 1 amide bonds. The Bertz CT molecular complexity index is 558. The number of benzene rings is 1. The van der Waals surface area contributed by atoms with Crippen molar-refractivity contribution in [1.29, 1.82) is 0 Å². The number of hydrogen-bond acceptors (Lipinski definition) is 3. The SMILES string of the molecule is O=C(O)CC(NC(=O)CCCC1CCOCC1)c1cccc(Br)c1. The van der Waals surface area contributed by atoms with Crippen LogP contribution in [0, 0.1) is 5.92 Å². The van der Waals surface area contributed by atoms with E-state index in [0.717, 1.165) is 48.9 Å². The highest BCUT2D eigenvalue weighted by Gasteiger charge is 2.19. The van der Waals surface area contributed by atoms with Crippen molar-refractivity contribution in [3.63, 3.8) is 0 Å². The fourth-order valence-electron chi connectivity index (χ4n) is 3.00. The van der Waals surface area contributed by atoms with Gasteiger partial charge < -0.3 is 15.2 Å². The van der Waals surface area contributed by atoms with E-state index in [1.807, 2.05) is 24.3 Å². The van der Waals surface area contributed by atoms with E-state index in [4.69, 9.17) is 9.84 Å². The first-order valence-electron chi connectivity index (χ1n) is 8.39. The van der Waals surface area contributed by atoms with Crippen LogP contribution in [0.25, 0.3) is 0 Å². The molecular formula is C18H24BrNO4. The fraction of sp³-hybridized carbons (Fsp3) is 0.556. The van der Waals surface area contributed by atoms with Gasteiger partial charge in [0.05, 0.1) is 12.5 Å². The summed E-state index contributed by atoms with van der Waals surface area (Å²) in [5.41, 5.74) is 0.796. The van der Waals surface area contributed by atoms with Crippen molar-refractivity contribution >= 4 is 27.8 Å². The molecule has 132 valence electrons. The zero-order chi connectivity index (χ0) is 17.4. The van der Waals surface area contributed by atoms with Gasteiger partial charge in [0.1, 0.15) is 0 Å². The molecule has 5 nitrogen and oxygen atoms in total. The van der Waals surface area contributed by atoms with E-state index in [1.165, 1.54) is 0 Å². The number of carboxylic acid groups (broad SMARTS) is 1. The topological polar surface area (TPSA) is 75.6 Å². The number of carbonyl (C=O) groups is 2. The van der Waals surface area contributed by atoms with Crippen LogP contribution >= 0.6 is 15.9 Å². The summed E-state index contributed by atoms with van der Waals surface area (Å²) in [6, 6.07) is 6.88. The lowest BCUT2D eigenvalue weighted by molar-refractivity contribution is -0.137. The van der Waals surface area contributed by atoms with Crippen molar-refractivity contribution in [3.8, 4) is 0 Å². The molecular weight excluding hydrogens is 374 g/mol. The van der Waals surface area contributed by atoms with Crippen molar-refractivity contribution in [3.05, 3.63) is 34.3 Å². The highest BCUT2D eigenvalue weighted by Crippen LogP contribution is 2.23. The van der Waals surface area contributed by atoms with Gasteiger partial charge in [-0.25, -0.2) is 0 Å². The molecule has 1 aliphatic rings. The summed E-state index contributed by atoms with van der Waals surface area (Å²) < 4.78 is 6.20. The lowest BCUT2D eigenvalue weighted by atomic mass is 9.94. The van der Waals surface area contributed by atoms with Gasteiger partial charge >= 0.3 is 5.97 Å². The first-order chi connectivity index (χ1) is 11.5. The Morgan fingerprint density at radius 1 is 1.33 bits per heavy atom. The quantitative estimate of drug-likeness (QED) is 0.701. The molecule has 1 atom stereocenters. The molecule has 1 aromatic carbocycles. The third-order valence-electron chi connectivity index (χ3n) is 4.32. The molecule has 6 heteroatoms. The predicted molar refractivity (Wildman–Crippen MR) is 94.7 cm³/mol. The maximum absolute atomic E-state index is 12.2. The predicted octanol–water partition coefficient (Wildman–Crippen LogP) is 3.68. The first kappa shape index (κ1) is 18.9. The van der Waals surface area contributed by atoms with Crippen LogP contribution < -0.4 is 5.32 Å². The number of carbonyl (C=O) groups excluding carboxylic acids is 1. The third-order valence-corrected chi connectivity index (χ3v) is 4.82. The second kappa shape index (κ2) is 9.79. The number of hydrogen-bond donors (Lipinski definition) is 2. The van der Waals surface area contributed by atoms with E-state index in [1.54, 1.807) is 0 Å². The monoisotopic (exact) mass is 397 g/mol. The largest absolute Gasteiger partial charge is 0.481 e. The van der Waals surface area contributed by atoms with E-state index in [-0.39, 0.29) is 12.3 Å². The Morgan fingerprint density at radius 2 is 2.08 bits per heavy atom. The molecule has 1 aromatic rings. The van der Waals surface area contributed by atoms with Gasteiger partial charge in [-0.3, -0.25) is 9.59 Å². The highest BCUT2D eigenvalue weighted by atomic mass is 79.9. The highest BCUT2D eigenvalue weighted by molar-refractivity contribution is 9.10. The van der Waals surface area contributed by atoms with E-state index >= 15 is 0 Å². The molecule has 0 aromatic heterocycles. The van der Waals surface area contributed by atoms with Gasteiger partial charge in [0, 0.05) is 24.1 Å². The molecule has 2 N–H and O–H groups in total. The van der Waals surface area contributed by atoms with Crippen LogP contribution in [0.3, 0.4) is 0 Å². The Kier molecular flexibility index (Phi) is 7.72. The number of amides is 1. The summed E-state index contributed by atoms with van der Waals surface area (Å²) >= 11 is 3.38. The molecule has 1 fully saturated rings. The van der Waals surface area contributed by atoms with E-state index < -0.39 is 12.0 Å². The van der Waals surface area contributed by atoms with Crippen LogP contribution in [0.1, 0.15) is 50.1 Å². The molecule has 1 aliphatic heterocycles. The van der Waals surface area contributed by atoms with Crippen molar-refractivity contribution in [1.82, 2.24) is 5.32 Å². The van der Waals surface area contributed by atoms with Crippen LogP contribution in [-0.4, -0.2) is 30.2 Å². The summed E-state index contributed by atoms with van der Waals surface area (Å²) in [5.74, 6) is -0.373. The van der Waals surface area contributed by atoms with Crippen LogP contribution in [0.4, 0.5) is 0 Å². The number of ether oxygens (including phenoxy) is 1. The maximum Gasteiger partial charge on any atom is 0.305 e. The molecule has 24 heavy (non-hydrogen) atoms. The van der Waals surface area contributed by atoms with E-state index in [0.29, 0.717) is 12.3 Å². The van der Waals surface area contributed by atoms with Crippen molar-refractivity contribution in [2.45, 2.75) is 44.6 Å². The number of rotatable bonds is 8. The molecule has 2 rings (SSSR count). The summed E-state index contributed by atoms with van der Waals surface area (Å²) in [4.78, 5) is 23.3. The van der Waals surface area contributed by atoms with E-state index in [9.17, 15) is 9.59 Å². The van der Waals surface area contributed by atoms with E-state index in [2.05, 4.69) is 21.2 Å². The van der Waals surface area contributed by atoms with Crippen LogP contribution in [0.15, 0.2) is 28.7 Å². The summed E-state index contributed by atoms with van der Waals surface area (Å²) in [5, 5.41) is 12.0. The second-order valence-electron chi connectivity index (χ2n) is 6.22. The van der Waals surface area contributed by atoms with Crippen LogP contribution in [-0.2, 0) is 14.3 Å². The molecule has 0 saturated carbocycles. The van der Waals surface area contributed by atoms with Crippen LogP contribution in [0.2, 0.25) is 0 Å². The van der Waals surface area contributed by atoms with Crippen molar-refractivity contribution in [2.24, 2.45) is 5.92 Å². The van der Waals surface area contributed by atoms with Gasteiger partial charge in [0.2, 0.25) is 5.91 Å². The van der Waals surface area contributed by atoms with Gasteiger partial charge in [0.15, 0.2) is 0 Å². The summed E-state index contributed by atoms with van der Waals surface area (Å²) in [7, 11) is 0. The minimum Gasteiger partial charge on any atom is -0.481 e. The maximum atomic E-state index is 12.2. The van der Waals surface area contributed by atoms with Gasteiger partial charge in [-0.05, 0) is 49.3 Å². The Balaban J connectivity index is 1.84. The zero-order valence-corrected chi connectivity index (χ0v) is 15.3. The minimum absolute atomic E-state index is 0.0896. The van der Waals surface area contributed by atoms with Gasteiger partial charge in [0.25, 0.3) is 0 Å². The van der Waals surface area contributed by atoms with Crippen LogP contribution in [0.5, 0.6) is 0 Å². The smallest absolute Gasteiger partial charge is 0.305 e. The number of halogens is 1. The van der Waals surface area contributed by atoms with Crippen molar-refractivity contribution < 1.29 is 19.4 Å². The molecule has 0 bridgehead atoms. The average Bonchev–Trinajstić information content (AvgIpc) is 2.55. The summed E-state index contributed by atoms with van der Waals surface area (Å²) in [6.45, 7) is 1.64. The number of carboxylic acids is 1. The Hall–Kier alpha value is -1.40. The summed E-state index contributed by atoms with van der Waals surface area (Å²) in [6.07, 6.45) is 4.30. The minimum atomic E-state index is -0.928. The lowest BCUT2D eigenvalue weighted by Crippen LogP contribution is -2.30. The fourth-order valence-corrected chi connectivity index (χ4v) is 3.42. The number of nitrogens with one attached hydrogen (secondary N) is 1. The standard InChI is InChI=1S/C18H24BrNO4/c19-15-5-2-4-14(11-15)16(12-18(22)23)20-17(21)6-1-3-13-7-9-24-10-8-13/h2,4-5,11,13,16H,1,3,6-10,12H2,(H,20,21)(H,22,23). The molecule has 1 unspecified atom stereocenters. The third kappa shape index (κ3) is 6.61. The van der Waals surface area contributed by atoms with Gasteiger partial charge in [-0.1, -0.05) is 28.1 Å².